The van der Waals surface area contributed by atoms with Crippen LogP contribution in [0.15, 0.2) is 36.5 Å². The molecule has 2 N–H and O–H groups in total. The van der Waals surface area contributed by atoms with Gasteiger partial charge in [-0.15, -0.1) is 0 Å². The van der Waals surface area contributed by atoms with Crippen LogP contribution < -0.4 is 0 Å². The van der Waals surface area contributed by atoms with Crippen LogP contribution in [0.5, 0.6) is 0 Å². The number of allylic oxidation sites excluding steroid dienone is 5. The van der Waals surface area contributed by atoms with E-state index in [4.69, 9.17) is 5.11 Å². The molecule has 21 heavy (non-hydrogen) atoms. The number of rotatable bonds is 13. The summed E-state index contributed by atoms with van der Waals surface area (Å²) >= 11 is 0. The van der Waals surface area contributed by atoms with Gasteiger partial charge in [-0.1, -0.05) is 62.6 Å². The lowest BCUT2D eigenvalue weighted by atomic mass is 10.1. The summed E-state index contributed by atoms with van der Waals surface area (Å²) in [5, 5.41) is 17.8. The second-order valence-corrected chi connectivity index (χ2v) is 5.20. The normalized spacial score (nSPS) is 13.6. The van der Waals surface area contributed by atoms with Crippen LogP contribution in [-0.2, 0) is 4.79 Å². The van der Waals surface area contributed by atoms with Gasteiger partial charge in [-0.25, -0.2) is 0 Å². The fourth-order valence-electron chi connectivity index (χ4n) is 1.85. The van der Waals surface area contributed by atoms with Crippen LogP contribution in [0, 0.1) is 0 Å². The third kappa shape index (κ3) is 16.6. The van der Waals surface area contributed by atoms with Crippen molar-refractivity contribution < 1.29 is 15.0 Å². The van der Waals surface area contributed by atoms with Crippen molar-refractivity contribution in [1.29, 1.82) is 0 Å². The number of aliphatic hydroxyl groups is 1. The molecule has 0 saturated carbocycles. The fourth-order valence-corrected chi connectivity index (χ4v) is 1.85. The SMILES string of the molecule is CC[C@@H](O)C=CC=CCC=CCCCCCCCC(=O)O. The molecule has 0 radical (unpaired) electrons. The molecule has 0 fully saturated rings. The maximum absolute atomic E-state index is 10.3. The summed E-state index contributed by atoms with van der Waals surface area (Å²) in [7, 11) is 0. The van der Waals surface area contributed by atoms with E-state index in [2.05, 4.69) is 18.2 Å². The van der Waals surface area contributed by atoms with Gasteiger partial charge in [-0.3, -0.25) is 4.79 Å². The Balaban J connectivity index is 3.35. The lowest BCUT2D eigenvalue weighted by molar-refractivity contribution is -0.137. The van der Waals surface area contributed by atoms with Crippen molar-refractivity contribution in [3.63, 3.8) is 0 Å². The highest BCUT2D eigenvalue weighted by Crippen LogP contribution is 2.07. The zero-order valence-corrected chi connectivity index (χ0v) is 13.2. The van der Waals surface area contributed by atoms with Crippen molar-refractivity contribution in [2.45, 2.75) is 70.8 Å². The number of aliphatic carboxylic acids is 1. The highest BCUT2D eigenvalue weighted by Gasteiger charge is 1.95. The first-order chi connectivity index (χ1) is 10.2. The van der Waals surface area contributed by atoms with Crippen molar-refractivity contribution >= 4 is 5.97 Å². The first-order valence-corrected chi connectivity index (χ1v) is 8.05. The molecule has 0 aliphatic heterocycles. The number of aliphatic hydroxyl groups excluding tert-OH is 1. The number of carboxylic acids is 1. The van der Waals surface area contributed by atoms with Gasteiger partial charge in [0.25, 0.3) is 0 Å². The van der Waals surface area contributed by atoms with Crippen molar-refractivity contribution in [3.8, 4) is 0 Å². The summed E-state index contributed by atoms with van der Waals surface area (Å²) in [4.78, 5) is 10.3. The summed E-state index contributed by atoms with van der Waals surface area (Å²) in [5.41, 5.74) is 0. The number of hydrogen-bond acceptors (Lipinski definition) is 2. The minimum absolute atomic E-state index is 0.302. The maximum Gasteiger partial charge on any atom is 0.303 e. The molecule has 0 amide bonds. The average molecular weight is 294 g/mol. The molecule has 0 heterocycles. The van der Waals surface area contributed by atoms with E-state index < -0.39 is 5.97 Å². The lowest BCUT2D eigenvalue weighted by Crippen LogP contribution is -1.97. The first kappa shape index (κ1) is 19.7. The van der Waals surface area contributed by atoms with Gasteiger partial charge in [0, 0.05) is 6.42 Å². The highest BCUT2D eigenvalue weighted by molar-refractivity contribution is 5.66. The Morgan fingerprint density at radius 1 is 1.00 bits per heavy atom. The van der Waals surface area contributed by atoms with Gasteiger partial charge < -0.3 is 10.2 Å². The number of carbonyl (C=O) groups is 1. The molecule has 0 aliphatic carbocycles. The van der Waals surface area contributed by atoms with E-state index in [-0.39, 0.29) is 6.10 Å². The maximum atomic E-state index is 10.3. The minimum Gasteiger partial charge on any atom is -0.481 e. The van der Waals surface area contributed by atoms with Gasteiger partial charge in [-0.05, 0) is 32.1 Å². The van der Waals surface area contributed by atoms with Gasteiger partial charge in [0.2, 0.25) is 0 Å². The number of unbranched alkanes of at least 4 members (excludes halogenated alkanes) is 5. The second kappa shape index (κ2) is 15.0. The molecule has 0 aliphatic rings. The van der Waals surface area contributed by atoms with Gasteiger partial charge in [0.05, 0.1) is 6.10 Å². The van der Waals surface area contributed by atoms with E-state index in [1.54, 1.807) is 6.08 Å². The molecule has 3 heteroatoms. The van der Waals surface area contributed by atoms with Gasteiger partial charge in [-0.2, -0.15) is 0 Å². The molecule has 0 unspecified atom stereocenters. The van der Waals surface area contributed by atoms with Crippen molar-refractivity contribution in [1.82, 2.24) is 0 Å². The summed E-state index contributed by atoms with van der Waals surface area (Å²) < 4.78 is 0. The quantitative estimate of drug-likeness (QED) is 0.296. The highest BCUT2D eigenvalue weighted by atomic mass is 16.4. The third-order valence-corrected chi connectivity index (χ3v) is 3.20. The van der Waals surface area contributed by atoms with Crippen molar-refractivity contribution in [3.05, 3.63) is 36.5 Å². The molecule has 0 bridgehead atoms. The zero-order chi connectivity index (χ0) is 15.8. The number of hydrogen-bond donors (Lipinski definition) is 2. The largest absolute Gasteiger partial charge is 0.481 e. The molecule has 120 valence electrons. The first-order valence-electron chi connectivity index (χ1n) is 8.05. The molecule has 0 aromatic rings. The predicted molar refractivity (Wildman–Crippen MR) is 88.3 cm³/mol. The topological polar surface area (TPSA) is 57.5 Å². The monoisotopic (exact) mass is 294 g/mol. The molecule has 3 nitrogen and oxygen atoms in total. The van der Waals surface area contributed by atoms with Gasteiger partial charge in [0.15, 0.2) is 0 Å². The van der Waals surface area contributed by atoms with E-state index in [1.165, 1.54) is 12.8 Å². The molecule has 0 spiro atoms. The molecule has 0 rings (SSSR count). The van der Waals surface area contributed by atoms with Crippen LogP contribution >= 0.6 is 0 Å². The molecule has 0 saturated heterocycles. The average Bonchev–Trinajstić information content (AvgIpc) is 2.46. The molecule has 1 atom stereocenters. The van der Waals surface area contributed by atoms with Crippen molar-refractivity contribution in [2.75, 3.05) is 0 Å². The summed E-state index contributed by atoms with van der Waals surface area (Å²) in [6, 6.07) is 0. The molecule has 0 aromatic heterocycles. The Morgan fingerprint density at radius 3 is 2.43 bits per heavy atom. The smallest absolute Gasteiger partial charge is 0.303 e. The Kier molecular flexibility index (Phi) is 14.1. The van der Waals surface area contributed by atoms with E-state index >= 15 is 0 Å². The van der Waals surface area contributed by atoms with Crippen molar-refractivity contribution in [2.24, 2.45) is 0 Å². The zero-order valence-electron chi connectivity index (χ0n) is 13.2. The van der Waals surface area contributed by atoms with E-state index in [0.29, 0.717) is 6.42 Å². The van der Waals surface area contributed by atoms with Crippen LogP contribution in [0.4, 0.5) is 0 Å². The van der Waals surface area contributed by atoms with E-state index in [1.807, 2.05) is 19.1 Å². The Labute approximate surface area is 129 Å². The lowest BCUT2D eigenvalue weighted by Gasteiger charge is -1.98. The number of carboxylic acid groups (broad SMARTS) is 1. The van der Waals surface area contributed by atoms with Crippen LogP contribution in [0.25, 0.3) is 0 Å². The van der Waals surface area contributed by atoms with E-state index in [0.717, 1.165) is 38.5 Å². The Hall–Kier alpha value is -1.35. The predicted octanol–water partition coefficient (Wildman–Crippen LogP) is 4.63. The van der Waals surface area contributed by atoms with Crippen LogP contribution in [-0.4, -0.2) is 22.3 Å². The van der Waals surface area contributed by atoms with Gasteiger partial charge >= 0.3 is 5.97 Å². The minimum atomic E-state index is -0.690. The fraction of sp³-hybridized carbons (Fsp3) is 0.611. The Bertz CT molecular complexity index is 329. The second-order valence-electron chi connectivity index (χ2n) is 5.20. The van der Waals surface area contributed by atoms with E-state index in [9.17, 15) is 9.90 Å². The van der Waals surface area contributed by atoms with Crippen LogP contribution in [0.1, 0.15) is 64.7 Å². The van der Waals surface area contributed by atoms with Gasteiger partial charge in [0.1, 0.15) is 0 Å². The Morgan fingerprint density at radius 2 is 1.71 bits per heavy atom. The van der Waals surface area contributed by atoms with Crippen LogP contribution in [0.3, 0.4) is 0 Å². The summed E-state index contributed by atoms with van der Waals surface area (Å²) in [5.74, 6) is -0.690. The third-order valence-electron chi connectivity index (χ3n) is 3.20. The molecule has 0 aromatic carbocycles. The molecular formula is C18H30O3. The molecular weight excluding hydrogens is 264 g/mol. The van der Waals surface area contributed by atoms with Crippen LogP contribution in [0.2, 0.25) is 0 Å². The summed E-state index contributed by atoms with van der Waals surface area (Å²) in [6.07, 6.45) is 20.1. The summed E-state index contributed by atoms with van der Waals surface area (Å²) in [6.45, 7) is 1.95. The standard InChI is InChI=1S/C18H30O3/c1-2-17(19)15-13-11-9-7-5-3-4-6-8-10-12-14-16-18(20)21/h3,5,9,11,13,15,17,19H,2,4,6-8,10,12,14,16H2,1H3,(H,20,21)/t17-/m1/s1.